The maximum Gasteiger partial charge on any atom is 0.333 e. The number of halogens is 1. The van der Waals surface area contributed by atoms with Crippen LogP contribution in [0.25, 0.3) is 20.9 Å². The summed E-state index contributed by atoms with van der Waals surface area (Å²) >= 11 is 2.32. The summed E-state index contributed by atoms with van der Waals surface area (Å²) in [6.07, 6.45) is 2.22. The van der Waals surface area contributed by atoms with Crippen molar-refractivity contribution in [1.29, 1.82) is 0 Å². The van der Waals surface area contributed by atoms with Crippen LogP contribution in [0.5, 0.6) is 5.75 Å². The summed E-state index contributed by atoms with van der Waals surface area (Å²) in [5.41, 5.74) is -0.912. The lowest BCUT2D eigenvalue weighted by molar-refractivity contribution is -0.146. The molecule has 2 aliphatic heterocycles. The minimum absolute atomic E-state index is 0.0691. The van der Waals surface area contributed by atoms with Crippen LogP contribution in [0.3, 0.4) is 0 Å². The molecule has 0 aliphatic carbocycles. The van der Waals surface area contributed by atoms with Crippen LogP contribution in [0, 0.1) is 12.7 Å². The fraction of sp³-hybridized carbons (Fsp3) is 0.483. The highest BCUT2D eigenvalue weighted by Gasteiger charge is 2.39. The predicted molar refractivity (Wildman–Crippen MR) is 159 cm³/mol. The van der Waals surface area contributed by atoms with Gasteiger partial charge in [-0.25, -0.2) is 23.5 Å². The standard InChI is InChI=1S/C29H31FN4O7S2/c1-14-22-25(35)34(29(2,3)27(36)37)28(38)33(26(22)43-23(14)24-31-13-42-32-24)12-21(19-9-15(30)5-8-20(19)39-4)41-18-10-16-6-7-17(11-18)40-16/h5,8-9,13,16-18,21H,6-7,10-12H2,1-4H3,(H,36,37)/t16-,17+,18+,21-/m0/s1. The fourth-order valence-corrected chi connectivity index (χ4v) is 7.80. The van der Waals surface area contributed by atoms with Gasteiger partial charge in [0.1, 0.15) is 33.6 Å². The Labute approximate surface area is 253 Å². The Bertz CT molecular complexity index is 1800. The number of carboxylic acids is 1. The smallest absolute Gasteiger partial charge is 0.333 e. The highest BCUT2D eigenvalue weighted by Crippen LogP contribution is 2.40. The molecule has 43 heavy (non-hydrogen) atoms. The first-order valence-corrected chi connectivity index (χ1v) is 15.6. The van der Waals surface area contributed by atoms with E-state index < -0.39 is 34.7 Å². The number of methoxy groups -OCH3 is 1. The lowest BCUT2D eigenvalue weighted by atomic mass is 10.0. The molecule has 14 heteroatoms. The zero-order valence-corrected chi connectivity index (χ0v) is 25.7. The van der Waals surface area contributed by atoms with Crippen molar-refractivity contribution in [3.63, 3.8) is 0 Å². The Morgan fingerprint density at radius 2 is 1.98 bits per heavy atom. The molecule has 228 valence electrons. The lowest BCUT2D eigenvalue weighted by Crippen LogP contribution is -2.52. The first-order chi connectivity index (χ1) is 20.5. The maximum absolute atomic E-state index is 14.7. The zero-order chi connectivity index (χ0) is 30.6. The van der Waals surface area contributed by atoms with Gasteiger partial charge in [0.25, 0.3) is 5.56 Å². The van der Waals surface area contributed by atoms with Gasteiger partial charge in [-0.05, 0) is 81.7 Å². The van der Waals surface area contributed by atoms with Crippen LogP contribution < -0.4 is 16.0 Å². The third-order valence-corrected chi connectivity index (χ3v) is 10.1. The second-order valence-electron chi connectivity index (χ2n) is 11.5. The minimum atomic E-state index is -1.87. The monoisotopic (exact) mass is 630 g/mol. The van der Waals surface area contributed by atoms with Gasteiger partial charge in [0.2, 0.25) is 0 Å². The van der Waals surface area contributed by atoms with Crippen LogP contribution >= 0.6 is 22.9 Å². The van der Waals surface area contributed by atoms with Crippen molar-refractivity contribution >= 4 is 39.1 Å². The highest BCUT2D eigenvalue weighted by molar-refractivity contribution is 7.22. The molecular weight excluding hydrogens is 599 g/mol. The predicted octanol–water partition coefficient (Wildman–Crippen LogP) is 4.49. The van der Waals surface area contributed by atoms with E-state index in [9.17, 15) is 23.9 Å². The van der Waals surface area contributed by atoms with Gasteiger partial charge >= 0.3 is 11.7 Å². The van der Waals surface area contributed by atoms with Crippen molar-refractivity contribution in [2.75, 3.05) is 7.11 Å². The van der Waals surface area contributed by atoms with Crippen molar-refractivity contribution in [3.8, 4) is 16.5 Å². The average Bonchev–Trinajstić information content (AvgIpc) is 3.69. The quantitative estimate of drug-likeness (QED) is 0.284. The summed E-state index contributed by atoms with van der Waals surface area (Å²) in [4.78, 5) is 45.6. The number of hydrogen-bond donors (Lipinski definition) is 1. The van der Waals surface area contributed by atoms with Gasteiger partial charge in [-0.15, -0.1) is 11.3 Å². The molecule has 5 heterocycles. The largest absolute Gasteiger partial charge is 0.496 e. The molecule has 4 aromatic rings. The maximum atomic E-state index is 14.7. The number of thiophene rings is 1. The Kier molecular flexibility index (Phi) is 7.73. The number of aromatic nitrogens is 4. The van der Waals surface area contributed by atoms with Crippen LogP contribution in [0.15, 0.2) is 33.3 Å². The van der Waals surface area contributed by atoms with Crippen molar-refractivity contribution in [2.45, 2.75) is 83.0 Å². The summed E-state index contributed by atoms with van der Waals surface area (Å²) in [6.45, 7) is 4.20. The SMILES string of the molecule is COc1ccc(F)cc1[C@H](Cn1c(=O)n(C(C)(C)C(=O)O)c(=O)c2c(C)c(-c3ncsn3)sc21)O[C@H]1C[C@H]2CC[C@@H](C1)O2. The molecule has 2 aliphatic rings. The first kappa shape index (κ1) is 29.6. The zero-order valence-electron chi connectivity index (χ0n) is 24.0. The Balaban J connectivity index is 1.57. The van der Waals surface area contributed by atoms with E-state index in [0.29, 0.717) is 45.3 Å². The molecule has 4 atom stereocenters. The molecule has 0 radical (unpaired) electrons. The Morgan fingerprint density at radius 1 is 1.26 bits per heavy atom. The Hall–Kier alpha value is -3.46. The molecule has 0 saturated carbocycles. The van der Waals surface area contributed by atoms with E-state index in [1.807, 2.05) is 0 Å². The van der Waals surface area contributed by atoms with Crippen LogP contribution in [0.4, 0.5) is 4.39 Å². The van der Waals surface area contributed by atoms with Crippen molar-refractivity contribution < 1.29 is 28.5 Å². The van der Waals surface area contributed by atoms with Gasteiger partial charge < -0.3 is 19.3 Å². The molecule has 2 saturated heterocycles. The molecule has 11 nitrogen and oxygen atoms in total. The van der Waals surface area contributed by atoms with Gasteiger partial charge in [0.15, 0.2) is 5.82 Å². The van der Waals surface area contributed by atoms with Crippen molar-refractivity contribution in [1.82, 2.24) is 18.5 Å². The van der Waals surface area contributed by atoms with Gasteiger partial charge in [-0.3, -0.25) is 9.36 Å². The van der Waals surface area contributed by atoms with Gasteiger partial charge in [-0.2, -0.15) is 4.37 Å². The second kappa shape index (κ2) is 11.2. The normalized spacial score (nSPS) is 20.9. The number of hydrogen-bond acceptors (Lipinski definition) is 10. The van der Waals surface area contributed by atoms with Gasteiger partial charge in [0.05, 0.1) is 42.2 Å². The number of fused-ring (bicyclic) bond motifs is 3. The summed E-state index contributed by atoms with van der Waals surface area (Å²) < 4.78 is 39.4. The number of carbonyl (C=O) groups is 1. The summed E-state index contributed by atoms with van der Waals surface area (Å²) in [5.74, 6) is -1.07. The second-order valence-corrected chi connectivity index (χ2v) is 13.1. The molecule has 3 aromatic heterocycles. The van der Waals surface area contributed by atoms with E-state index >= 15 is 0 Å². The van der Waals surface area contributed by atoms with Crippen molar-refractivity contribution in [2.24, 2.45) is 0 Å². The van der Waals surface area contributed by atoms with E-state index in [1.54, 1.807) is 12.4 Å². The van der Waals surface area contributed by atoms with Crippen LogP contribution in [0.2, 0.25) is 0 Å². The van der Waals surface area contributed by atoms with E-state index in [4.69, 9.17) is 14.2 Å². The third kappa shape index (κ3) is 5.19. The van der Waals surface area contributed by atoms with Crippen LogP contribution in [0.1, 0.15) is 56.8 Å². The number of benzene rings is 1. The third-order valence-electron chi connectivity index (χ3n) is 8.35. The summed E-state index contributed by atoms with van der Waals surface area (Å²) in [5, 5.41) is 10.2. The number of aliphatic carboxylic acids is 1. The average molecular weight is 631 g/mol. The molecule has 6 rings (SSSR count). The first-order valence-electron chi connectivity index (χ1n) is 13.9. The molecule has 1 aromatic carbocycles. The highest BCUT2D eigenvalue weighted by atomic mass is 32.1. The van der Waals surface area contributed by atoms with Gasteiger partial charge in [0, 0.05) is 5.56 Å². The van der Waals surface area contributed by atoms with Crippen LogP contribution in [-0.2, 0) is 26.4 Å². The number of ether oxygens (including phenoxy) is 3. The van der Waals surface area contributed by atoms with E-state index in [0.717, 1.165) is 28.9 Å². The number of carboxylic acid groups (broad SMARTS) is 1. The lowest BCUT2D eigenvalue weighted by Gasteiger charge is -2.33. The summed E-state index contributed by atoms with van der Waals surface area (Å²) in [6, 6.07) is 4.10. The number of nitrogens with zero attached hydrogens (tertiary/aromatic N) is 4. The molecular formula is C29H31FN4O7S2. The van der Waals surface area contributed by atoms with Crippen molar-refractivity contribution in [3.05, 3.63) is 61.5 Å². The van der Waals surface area contributed by atoms with Gasteiger partial charge in [-0.1, -0.05) is 0 Å². The molecule has 1 N–H and O–H groups in total. The topological polar surface area (TPSA) is 135 Å². The van der Waals surface area contributed by atoms with E-state index in [-0.39, 0.29) is 30.2 Å². The molecule has 2 bridgehead atoms. The molecule has 0 unspecified atom stereocenters. The minimum Gasteiger partial charge on any atom is -0.496 e. The summed E-state index contributed by atoms with van der Waals surface area (Å²) in [7, 11) is 1.47. The van der Waals surface area contributed by atoms with E-state index in [1.165, 1.54) is 55.1 Å². The number of aryl methyl sites for hydroxylation is 1. The fourth-order valence-electron chi connectivity index (χ4n) is 6.07. The van der Waals surface area contributed by atoms with Crippen LogP contribution in [-0.4, -0.2) is 55.0 Å². The molecule has 0 spiro atoms. The van der Waals surface area contributed by atoms with E-state index in [2.05, 4.69) is 9.36 Å². The number of rotatable bonds is 9. The molecule has 2 fully saturated rings. The Morgan fingerprint density at radius 3 is 2.60 bits per heavy atom. The molecule has 0 amide bonds.